The zero-order valence-electron chi connectivity index (χ0n) is 8.62. The smallest absolute Gasteiger partial charge is 0.313 e. The van der Waals surface area contributed by atoms with Gasteiger partial charge in [-0.05, 0) is 13.8 Å². The number of ether oxygens (including phenoxy) is 2. The van der Waals surface area contributed by atoms with Crippen molar-refractivity contribution in [3.63, 3.8) is 0 Å². The first-order valence-electron chi connectivity index (χ1n) is 4.57. The Bertz CT molecular complexity index is 208. The Hall–Kier alpha value is -1.16. The van der Waals surface area contributed by atoms with Crippen LogP contribution in [-0.2, 0) is 19.1 Å². The molecule has 0 N–H and O–H groups in total. The van der Waals surface area contributed by atoms with Crippen molar-refractivity contribution in [2.75, 3.05) is 19.8 Å². The van der Waals surface area contributed by atoms with Crippen LogP contribution in [0.3, 0.4) is 0 Å². The Kier molecular flexibility index (Phi) is 7.74. The molecule has 0 heterocycles. The first-order valence-corrected chi connectivity index (χ1v) is 4.57. The number of allylic oxidation sites excluding steroid dienone is 1. The molecule has 0 amide bonds. The van der Waals surface area contributed by atoms with E-state index in [1.165, 1.54) is 0 Å². The lowest BCUT2D eigenvalue weighted by atomic mass is 10.3. The summed E-state index contributed by atoms with van der Waals surface area (Å²) in [5.41, 5.74) is 0. The van der Waals surface area contributed by atoms with Crippen LogP contribution in [0.25, 0.3) is 0 Å². The SMILES string of the molecule is CC=CCOCC(=O)CC(=O)OCC. The third kappa shape index (κ3) is 7.49. The standard InChI is InChI=1S/C10H16O4/c1-3-5-6-13-8-9(11)7-10(12)14-4-2/h3,5H,4,6-8H2,1-2H3. The summed E-state index contributed by atoms with van der Waals surface area (Å²) in [5, 5.41) is 0. The van der Waals surface area contributed by atoms with Gasteiger partial charge in [0.25, 0.3) is 0 Å². The maximum absolute atomic E-state index is 11.0. The van der Waals surface area contributed by atoms with E-state index in [1.54, 1.807) is 13.0 Å². The van der Waals surface area contributed by atoms with Crippen LogP contribution in [0.15, 0.2) is 12.2 Å². The molecule has 0 aliphatic heterocycles. The molecule has 14 heavy (non-hydrogen) atoms. The van der Waals surface area contributed by atoms with E-state index < -0.39 is 5.97 Å². The number of carbonyl (C=O) groups is 2. The Morgan fingerprint density at radius 1 is 1.36 bits per heavy atom. The van der Waals surface area contributed by atoms with Crippen molar-refractivity contribution >= 4 is 11.8 Å². The van der Waals surface area contributed by atoms with Crippen LogP contribution in [0.4, 0.5) is 0 Å². The number of esters is 1. The molecule has 0 aromatic rings. The number of rotatable bonds is 7. The molecule has 0 rings (SSSR count). The van der Waals surface area contributed by atoms with E-state index in [0.29, 0.717) is 13.2 Å². The lowest BCUT2D eigenvalue weighted by Crippen LogP contribution is -2.15. The highest BCUT2D eigenvalue weighted by molar-refractivity contribution is 5.96. The maximum Gasteiger partial charge on any atom is 0.313 e. The second-order valence-electron chi connectivity index (χ2n) is 2.60. The van der Waals surface area contributed by atoms with Gasteiger partial charge < -0.3 is 9.47 Å². The first kappa shape index (κ1) is 12.8. The number of carbonyl (C=O) groups excluding carboxylic acids is 2. The molecule has 0 aliphatic carbocycles. The van der Waals surface area contributed by atoms with Gasteiger partial charge in [0.1, 0.15) is 13.0 Å². The molecule has 0 spiro atoms. The summed E-state index contributed by atoms with van der Waals surface area (Å²) in [5.74, 6) is -0.750. The molecular formula is C10H16O4. The van der Waals surface area contributed by atoms with Gasteiger partial charge in [-0.1, -0.05) is 12.2 Å². The normalized spacial score (nSPS) is 10.4. The predicted octanol–water partition coefficient (Wildman–Crippen LogP) is 1.10. The van der Waals surface area contributed by atoms with Crippen LogP contribution >= 0.6 is 0 Å². The highest BCUT2D eigenvalue weighted by atomic mass is 16.5. The van der Waals surface area contributed by atoms with Gasteiger partial charge in [-0.25, -0.2) is 0 Å². The maximum atomic E-state index is 11.0. The molecule has 0 radical (unpaired) electrons. The van der Waals surface area contributed by atoms with E-state index in [0.717, 1.165) is 0 Å². The number of hydrogen-bond acceptors (Lipinski definition) is 4. The van der Waals surface area contributed by atoms with Crippen LogP contribution in [0.1, 0.15) is 20.3 Å². The summed E-state index contributed by atoms with van der Waals surface area (Å²) >= 11 is 0. The van der Waals surface area contributed by atoms with E-state index in [4.69, 9.17) is 4.74 Å². The molecule has 0 fully saturated rings. The summed E-state index contributed by atoms with van der Waals surface area (Å²) in [6.45, 7) is 4.22. The minimum absolute atomic E-state index is 0.0385. The molecular weight excluding hydrogens is 184 g/mol. The minimum atomic E-state index is -0.493. The Morgan fingerprint density at radius 3 is 2.64 bits per heavy atom. The van der Waals surface area contributed by atoms with E-state index in [-0.39, 0.29) is 18.8 Å². The Morgan fingerprint density at radius 2 is 2.07 bits per heavy atom. The summed E-state index contributed by atoms with van der Waals surface area (Å²) in [7, 11) is 0. The van der Waals surface area contributed by atoms with Crippen molar-refractivity contribution in [2.24, 2.45) is 0 Å². The van der Waals surface area contributed by atoms with Crippen LogP contribution in [0, 0.1) is 0 Å². The summed E-state index contributed by atoms with van der Waals surface area (Å²) in [4.78, 5) is 21.9. The molecule has 0 aromatic carbocycles. The molecule has 0 saturated heterocycles. The fourth-order valence-electron chi connectivity index (χ4n) is 0.761. The average Bonchev–Trinajstić information content (AvgIpc) is 2.13. The Labute approximate surface area is 83.9 Å². The molecule has 4 heteroatoms. The number of hydrogen-bond donors (Lipinski definition) is 0. The first-order chi connectivity index (χ1) is 6.70. The second-order valence-corrected chi connectivity index (χ2v) is 2.60. The van der Waals surface area contributed by atoms with Gasteiger partial charge in [-0.3, -0.25) is 9.59 Å². The van der Waals surface area contributed by atoms with Gasteiger partial charge in [0.05, 0.1) is 13.2 Å². The van der Waals surface area contributed by atoms with Crippen molar-refractivity contribution in [2.45, 2.75) is 20.3 Å². The third-order valence-electron chi connectivity index (χ3n) is 1.36. The summed E-state index contributed by atoms with van der Waals surface area (Å²) in [6.07, 6.45) is 3.41. The predicted molar refractivity (Wildman–Crippen MR) is 51.9 cm³/mol. The van der Waals surface area contributed by atoms with E-state index in [9.17, 15) is 9.59 Å². The van der Waals surface area contributed by atoms with Gasteiger partial charge in [-0.15, -0.1) is 0 Å². The highest BCUT2D eigenvalue weighted by Gasteiger charge is 2.09. The van der Waals surface area contributed by atoms with Crippen LogP contribution < -0.4 is 0 Å². The molecule has 80 valence electrons. The minimum Gasteiger partial charge on any atom is -0.466 e. The van der Waals surface area contributed by atoms with Crippen molar-refractivity contribution in [1.82, 2.24) is 0 Å². The quantitative estimate of drug-likeness (QED) is 0.267. The highest BCUT2D eigenvalue weighted by Crippen LogP contribution is 1.90. The summed E-state index contributed by atoms with van der Waals surface area (Å²) < 4.78 is 9.58. The molecule has 0 atom stereocenters. The van der Waals surface area contributed by atoms with E-state index in [1.807, 2.05) is 13.0 Å². The van der Waals surface area contributed by atoms with Gasteiger partial charge >= 0.3 is 5.97 Å². The summed E-state index contributed by atoms with van der Waals surface area (Å²) in [6, 6.07) is 0. The number of ketones is 1. The number of Topliss-reactive ketones (excluding diaryl/α,β-unsaturated/α-hetero) is 1. The van der Waals surface area contributed by atoms with E-state index in [2.05, 4.69) is 4.74 Å². The van der Waals surface area contributed by atoms with Gasteiger partial charge in [0.2, 0.25) is 0 Å². The zero-order valence-corrected chi connectivity index (χ0v) is 8.62. The van der Waals surface area contributed by atoms with Gasteiger partial charge in [-0.2, -0.15) is 0 Å². The van der Waals surface area contributed by atoms with Gasteiger partial charge in [0.15, 0.2) is 5.78 Å². The van der Waals surface area contributed by atoms with Gasteiger partial charge in [0, 0.05) is 0 Å². The fourth-order valence-corrected chi connectivity index (χ4v) is 0.761. The lowest BCUT2D eigenvalue weighted by molar-refractivity contribution is -0.146. The fraction of sp³-hybridized carbons (Fsp3) is 0.600. The largest absolute Gasteiger partial charge is 0.466 e. The molecule has 0 bridgehead atoms. The third-order valence-corrected chi connectivity index (χ3v) is 1.36. The topological polar surface area (TPSA) is 52.6 Å². The van der Waals surface area contributed by atoms with Crippen molar-refractivity contribution < 1.29 is 19.1 Å². The van der Waals surface area contributed by atoms with Crippen LogP contribution in [0.5, 0.6) is 0 Å². The van der Waals surface area contributed by atoms with Crippen LogP contribution in [-0.4, -0.2) is 31.6 Å². The Balaban J connectivity index is 3.50. The monoisotopic (exact) mass is 200 g/mol. The van der Waals surface area contributed by atoms with Crippen molar-refractivity contribution in [3.8, 4) is 0 Å². The van der Waals surface area contributed by atoms with Crippen LogP contribution in [0.2, 0.25) is 0 Å². The molecule has 4 nitrogen and oxygen atoms in total. The lowest BCUT2D eigenvalue weighted by Gasteiger charge is -2.01. The molecule has 0 aromatic heterocycles. The molecule has 0 unspecified atom stereocenters. The van der Waals surface area contributed by atoms with Crippen molar-refractivity contribution in [3.05, 3.63) is 12.2 Å². The average molecular weight is 200 g/mol. The second kappa shape index (κ2) is 8.44. The molecule has 0 saturated carbocycles. The zero-order chi connectivity index (χ0) is 10.8. The molecule has 0 aliphatic rings. The van der Waals surface area contributed by atoms with E-state index >= 15 is 0 Å². The van der Waals surface area contributed by atoms with Crippen molar-refractivity contribution in [1.29, 1.82) is 0 Å².